The summed E-state index contributed by atoms with van der Waals surface area (Å²) in [6.07, 6.45) is 1.55. The van der Waals surface area contributed by atoms with E-state index in [1.54, 1.807) is 0 Å². The fourth-order valence-corrected chi connectivity index (χ4v) is 2.27. The van der Waals surface area contributed by atoms with E-state index in [9.17, 15) is 9.59 Å². The minimum Gasteiger partial charge on any atom is -0.317 e. The molecule has 0 saturated heterocycles. The van der Waals surface area contributed by atoms with Crippen molar-refractivity contribution < 1.29 is 9.59 Å². The molecule has 2 amide bonds. The Bertz CT molecular complexity index is 783. The zero-order valence-electron chi connectivity index (χ0n) is 14.8. The van der Waals surface area contributed by atoms with Crippen LogP contribution in [0.5, 0.6) is 0 Å². The van der Waals surface area contributed by atoms with Crippen molar-refractivity contribution in [3.8, 4) is 0 Å². The second kappa shape index (κ2) is 8.78. The lowest BCUT2D eigenvalue weighted by Crippen LogP contribution is -2.33. The highest BCUT2D eigenvalue weighted by Crippen LogP contribution is 2.16. The van der Waals surface area contributed by atoms with Crippen molar-refractivity contribution in [1.29, 1.82) is 0 Å². The number of hydrazone groups is 1. The number of carbonyl (C=O) groups is 2. The molecule has 0 bridgehead atoms. The Labute approximate surface area is 148 Å². The molecule has 2 rings (SSSR count). The number of rotatable bonds is 5. The van der Waals surface area contributed by atoms with Gasteiger partial charge in [-0.05, 0) is 56.4 Å². The Morgan fingerprint density at radius 1 is 1.00 bits per heavy atom. The topological polar surface area (TPSA) is 70.6 Å². The van der Waals surface area contributed by atoms with E-state index in [4.69, 9.17) is 0 Å². The van der Waals surface area contributed by atoms with E-state index < -0.39 is 11.8 Å². The van der Waals surface area contributed by atoms with Gasteiger partial charge in [-0.2, -0.15) is 5.10 Å². The van der Waals surface area contributed by atoms with Gasteiger partial charge in [-0.25, -0.2) is 5.43 Å². The lowest BCUT2D eigenvalue weighted by Gasteiger charge is -2.08. The average molecular weight is 337 g/mol. The van der Waals surface area contributed by atoms with Crippen LogP contribution in [0.2, 0.25) is 0 Å². The molecule has 0 spiro atoms. The number of hydrogen-bond donors (Lipinski definition) is 2. The van der Waals surface area contributed by atoms with Gasteiger partial charge in [0.1, 0.15) is 0 Å². The van der Waals surface area contributed by atoms with Gasteiger partial charge in [0, 0.05) is 11.4 Å². The number of carbonyl (C=O) groups excluding carboxylic acids is 2. The normalized spacial score (nSPS) is 11.1. The maximum atomic E-state index is 12.0. The molecule has 2 N–H and O–H groups in total. The van der Waals surface area contributed by atoms with Crippen LogP contribution in [0.4, 0.5) is 5.69 Å². The van der Waals surface area contributed by atoms with Crippen LogP contribution < -0.4 is 10.7 Å². The predicted molar refractivity (Wildman–Crippen MR) is 101 cm³/mol. The molecule has 2 aromatic carbocycles. The highest BCUT2D eigenvalue weighted by molar-refractivity contribution is 6.39. The number of amides is 2. The number of benzene rings is 2. The molecule has 0 radical (unpaired) electrons. The fraction of sp³-hybridized carbons (Fsp3) is 0.250. The van der Waals surface area contributed by atoms with Crippen LogP contribution in [-0.2, 0) is 16.0 Å². The van der Waals surface area contributed by atoms with Gasteiger partial charge >= 0.3 is 11.8 Å². The molecule has 0 heterocycles. The van der Waals surface area contributed by atoms with E-state index in [1.165, 1.54) is 5.56 Å². The quantitative estimate of drug-likeness (QED) is 0.499. The molecular weight excluding hydrogens is 314 g/mol. The molecular formula is C20H23N3O2. The third kappa shape index (κ3) is 5.88. The SMILES string of the molecule is C/C(CCc1ccccc1)=N/NC(=O)C(=O)Nc1cc(C)ccc1C. The summed E-state index contributed by atoms with van der Waals surface area (Å²) in [7, 11) is 0. The first-order valence-corrected chi connectivity index (χ1v) is 8.21. The van der Waals surface area contributed by atoms with Crippen molar-refractivity contribution in [1.82, 2.24) is 5.43 Å². The van der Waals surface area contributed by atoms with Gasteiger partial charge in [-0.3, -0.25) is 9.59 Å². The lowest BCUT2D eigenvalue weighted by atomic mass is 10.1. The lowest BCUT2D eigenvalue weighted by molar-refractivity contribution is -0.136. The Kier molecular flexibility index (Phi) is 6.46. The van der Waals surface area contributed by atoms with Crippen molar-refractivity contribution in [2.45, 2.75) is 33.6 Å². The first kappa shape index (κ1) is 18.4. The molecule has 0 atom stereocenters. The molecule has 0 aliphatic rings. The van der Waals surface area contributed by atoms with E-state index in [1.807, 2.05) is 69.3 Å². The summed E-state index contributed by atoms with van der Waals surface area (Å²) in [6, 6.07) is 15.7. The zero-order valence-corrected chi connectivity index (χ0v) is 14.8. The van der Waals surface area contributed by atoms with Gasteiger partial charge < -0.3 is 5.32 Å². The van der Waals surface area contributed by atoms with Crippen LogP contribution in [0.3, 0.4) is 0 Å². The molecule has 0 aromatic heterocycles. The third-order valence-corrected chi connectivity index (χ3v) is 3.81. The van der Waals surface area contributed by atoms with Crippen molar-refractivity contribution in [3.05, 3.63) is 65.2 Å². The van der Waals surface area contributed by atoms with Crippen LogP contribution in [0.25, 0.3) is 0 Å². The van der Waals surface area contributed by atoms with Crippen LogP contribution in [0.1, 0.15) is 30.0 Å². The smallest absolute Gasteiger partial charge is 0.317 e. The molecule has 0 unspecified atom stereocenters. The number of hydrogen-bond acceptors (Lipinski definition) is 3. The summed E-state index contributed by atoms with van der Waals surface area (Å²) in [5.41, 5.74) is 6.81. The Morgan fingerprint density at radius 2 is 1.72 bits per heavy atom. The monoisotopic (exact) mass is 337 g/mol. The van der Waals surface area contributed by atoms with Gasteiger partial charge in [0.25, 0.3) is 0 Å². The maximum absolute atomic E-state index is 12.0. The van der Waals surface area contributed by atoms with Gasteiger partial charge in [-0.1, -0.05) is 42.5 Å². The van der Waals surface area contributed by atoms with Gasteiger partial charge in [0.15, 0.2) is 0 Å². The van der Waals surface area contributed by atoms with E-state index in [2.05, 4.69) is 15.8 Å². The van der Waals surface area contributed by atoms with Crippen LogP contribution in [0.15, 0.2) is 53.6 Å². The first-order chi connectivity index (χ1) is 12.0. The molecule has 0 aliphatic heterocycles. The van der Waals surface area contributed by atoms with E-state index in [0.29, 0.717) is 12.1 Å². The van der Waals surface area contributed by atoms with Crippen LogP contribution >= 0.6 is 0 Å². The zero-order chi connectivity index (χ0) is 18.2. The standard InChI is InChI=1S/C20H23N3O2/c1-14-9-10-15(2)18(13-14)21-19(24)20(25)23-22-16(3)11-12-17-7-5-4-6-8-17/h4-10,13H,11-12H2,1-3H3,(H,21,24)(H,23,25)/b22-16-. The van der Waals surface area contributed by atoms with Gasteiger partial charge in [-0.15, -0.1) is 0 Å². The maximum Gasteiger partial charge on any atom is 0.329 e. The summed E-state index contributed by atoms with van der Waals surface area (Å²) >= 11 is 0. The molecule has 25 heavy (non-hydrogen) atoms. The van der Waals surface area contributed by atoms with Crippen LogP contribution in [-0.4, -0.2) is 17.5 Å². The molecule has 130 valence electrons. The molecule has 2 aromatic rings. The molecule has 5 nitrogen and oxygen atoms in total. The van der Waals surface area contributed by atoms with Crippen molar-refractivity contribution >= 4 is 23.2 Å². The van der Waals surface area contributed by atoms with Gasteiger partial charge in [0.05, 0.1) is 0 Å². The Balaban J connectivity index is 1.85. The first-order valence-electron chi connectivity index (χ1n) is 8.21. The Hall–Kier alpha value is -2.95. The highest BCUT2D eigenvalue weighted by Gasteiger charge is 2.14. The second-order valence-electron chi connectivity index (χ2n) is 6.05. The minimum atomic E-state index is -0.778. The number of nitrogens with one attached hydrogen (secondary N) is 2. The summed E-state index contributed by atoms with van der Waals surface area (Å²) in [5.74, 6) is -1.51. The van der Waals surface area contributed by atoms with Crippen molar-refractivity contribution in [3.63, 3.8) is 0 Å². The van der Waals surface area contributed by atoms with Gasteiger partial charge in [0.2, 0.25) is 0 Å². The summed E-state index contributed by atoms with van der Waals surface area (Å²) in [6.45, 7) is 5.63. The number of aryl methyl sites for hydroxylation is 3. The van der Waals surface area contributed by atoms with Crippen molar-refractivity contribution in [2.75, 3.05) is 5.32 Å². The van der Waals surface area contributed by atoms with E-state index >= 15 is 0 Å². The second-order valence-corrected chi connectivity index (χ2v) is 6.05. The third-order valence-electron chi connectivity index (χ3n) is 3.81. The predicted octanol–water partition coefficient (Wildman–Crippen LogP) is 3.37. The number of nitrogens with zero attached hydrogens (tertiary/aromatic N) is 1. The minimum absolute atomic E-state index is 0.630. The van der Waals surface area contributed by atoms with Crippen molar-refractivity contribution in [2.24, 2.45) is 5.10 Å². The summed E-state index contributed by atoms with van der Waals surface area (Å²) in [5, 5.41) is 6.61. The summed E-state index contributed by atoms with van der Waals surface area (Å²) in [4.78, 5) is 23.9. The number of anilines is 1. The molecule has 0 saturated carbocycles. The highest BCUT2D eigenvalue weighted by atomic mass is 16.2. The average Bonchev–Trinajstić information content (AvgIpc) is 2.61. The molecule has 5 heteroatoms. The van der Waals surface area contributed by atoms with E-state index in [-0.39, 0.29) is 0 Å². The van der Waals surface area contributed by atoms with Crippen LogP contribution in [0, 0.1) is 13.8 Å². The largest absolute Gasteiger partial charge is 0.329 e. The summed E-state index contributed by atoms with van der Waals surface area (Å²) < 4.78 is 0. The Morgan fingerprint density at radius 3 is 2.44 bits per heavy atom. The molecule has 0 fully saturated rings. The fourth-order valence-electron chi connectivity index (χ4n) is 2.27. The van der Waals surface area contributed by atoms with E-state index in [0.717, 1.165) is 23.3 Å². The molecule has 0 aliphatic carbocycles.